The Labute approximate surface area is 157 Å². The molecule has 8 nitrogen and oxygen atoms in total. The van der Waals surface area contributed by atoms with Gasteiger partial charge in [0.15, 0.2) is 5.96 Å². The second kappa shape index (κ2) is 10.6. The standard InChI is InChI=1S/C18H36N6O2/c1-4-22-10-12-23(13-11-22)15(3)14-20-17(19)21-16-6-8-24(9-7-16)18(25)26-5-2/h15-16H,4-14H2,1-3H3,(H3,19,20,21). The Morgan fingerprint density at radius 2 is 1.85 bits per heavy atom. The van der Waals surface area contributed by atoms with Crippen LogP contribution in [0.4, 0.5) is 4.79 Å². The van der Waals surface area contributed by atoms with Crippen molar-refractivity contribution in [3.05, 3.63) is 0 Å². The van der Waals surface area contributed by atoms with Crippen molar-refractivity contribution in [3.63, 3.8) is 0 Å². The fraction of sp³-hybridized carbons (Fsp3) is 0.889. The minimum Gasteiger partial charge on any atom is -0.450 e. The minimum atomic E-state index is -0.218. The number of amides is 1. The van der Waals surface area contributed by atoms with Crippen molar-refractivity contribution in [2.75, 3.05) is 59.0 Å². The molecule has 1 unspecified atom stereocenters. The minimum absolute atomic E-state index is 0.218. The topological polar surface area (TPSA) is 86.4 Å². The predicted molar refractivity (Wildman–Crippen MR) is 104 cm³/mol. The Bertz CT molecular complexity index is 457. The van der Waals surface area contributed by atoms with Gasteiger partial charge >= 0.3 is 6.09 Å². The fourth-order valence-corrected chi connectivity index (χ4v) is 3.54. The lowest BCUT2D eigenvalue weighted by atomic mass is 10.1. The normalized spacial score (nSPS) is 22.3. The van der Waals surface area contributed by atoms with Gasteiger partial charge in [0, 0.05) is 51.4 Å². The van der Waals surface area contributed by atoms with Gasteiger partial charge in [-0.2, -0.15) is 0 Å². The number of aliphatic imine (C=N–C) groups is 1. The fourth-order valence-electron chi connectivity index (χ4n) is 3.54. The number of nitrogens with one attached hydrogen (secondary N) is 1. The summed E-state index contributed by atoms with van der Waals surface area (Å²) in [6.07, 6.45) is 1.51. The summed E-state index contributed by atoms with van der Waals surface area (Å²) in [5, 5.41) is 3.31. The number of carbonyl (C=O) groups excluding carboxylic acids is 1. The van der Waals surface area contributed by atoms with Crippen molar-refractivity contribution in [2.45, 2.75) is 45.7 Å². The summed E-state index contributed by atoms with van der Waals surface area (Å²) in [7, 11) is 0. The van der Waals surface area contributed by atoms with Crippen molar-refractivity contribution >= 4 is 12.1 Å². The van der Waals surface area contributed by atoms with Crippen LogP contribution >= 0.6 is 0 Å². The van der Waals surface area contributed by atoms with E-state index in [1.165, 1.54) is 0 Å². The van der Waals surface area contributed by atoms with E-state index in [0.29, 0.717) is 38.2 Å². The Morgan fingerprint density at radius 3 is 2.42 bits per heavy atom. The zero-order chi connectivity index (χ0) is 18.9. The van der Waals surface area contributed by atoms with E-state index in [2.05, 4.69) is 34.0 Å². The molecule has 2 aliphatic heterocycles. The number of guanidine groups is 1. The lowest BCUT2D eigenvalue weighted by Crippen LogP contribution is -2.51. The molecule has 0 spiro atoms. The summed E-state index contributed by atoms with van der Waals surface area (Å²) >= 11 is 0. The molecule has 2 aliphatic rings. The van der Waals surface area contributed by atoms with Crippen LogP contribution in [0.25, 0.3) is 0 Å². The number of hydrogen-bond acceptors (Lipinski definition) is 5. The van der Waals surface area contributed by atoms with Gasteiger partial charge in [0.1, 0.15) is 0 Å². The predicted octanol–water partition coefficient (Wildman–Crippen LogP) is 0.538. The molecule has 0 aromatic carbocycles. The van der Waals surface area contributed by atoms with Crippen LogP contribution < -0.4 is 11.1 Å². The highest BCUT2D eigenvalue weighted by molar-refractivity contribution is 5.78. The van der Waals surface area contributed by atoms with Gasteiger partial charge in [-0.1, -0.05) is 6.92 Å². The summed E-state index contributed by atoms with van der Waals surface area (Å²) in [5.74, 6) is 0.513. The van der Waals surface area contributed by atoms with Gasteiger partial charge in [-0.3, -0.25) is 9.89 Å². The van der Waals surface area contributed by atoms with Crippen molar-refractivity contribution in [3.8, 4) is 0 Å². The molecule has 2 rings (SSSR count). The Hall–Kier alpha value is -1.54. The number of hydrogen-bond donors (Lipinski definition) is 2. The first-order chi connectivity index (χ1) is 12.5. The number of nitrogens with zero attached hydrogens (tertiary/aromatic N) is 4. The second-order valence-corrected chi connectivity index (χ2v) is 7.15. The van der Waals surface area contributed by atoms with Crippen LogP contribution in [0.3, 0.4) is 0 Å². The monoisotopic (exact) mass is 368 g/mol. The maximum Gasteiger partial charge on any atom is 0.409 e. The van der Waals surface area contributed by atoms with Crippen molar-refractivity contribution in [2.24, 2.45) is 10.7 Å². The number of likely N-dealkylation sites (N-methyl/N-ethyl adjacent to an activating group) is 1. The molecule has 2 fully saturated rings. The Kier molecular flexibility index (Phi) is 8.44. The average molecular weight is 369 g/mol. The number of ether oxygens (including phenoxy) is 1. The van der Waals surface area contributed by atoms with Crippen molar-refractivity contribution in [1.82, 2.24) is 20.0 Å². The van der Waals surface area contributed by atoms with Gasteiger partial charge in [0.25, 0.3) is 0 Å². The number of rotatable bonds is 6. The molecule has 2 heterocycles. The van der Waals surface area contributed by atoms with Crippen molar-refractivity contribution in [1.29, 1.82) is 0 Å². The molecule has 1 atom stereocenters. The lowest BCUT2D eigenvalue weighted by molar-refractivity contribution is 0.0963. The van der Waals surface area contributed by atoms with Gasteiger partial charge in [-0.05, 0) is 33.2 Å². The highest BCUT2D eigenvalue weighted by Gasteiger charge is 2.24. The highest BCUT2D eigenvalue weighted by Crippen LogP contribution is 2.11. The molecule has 0 bridgehead atoms. The number of carbonyl (C=O) groups is 1. The third-order valence-corrected chi connectivity index (χ3v) is 5.38. The van der Waals surface area contributed by atoms with Crippen LogP contribution in [-0.4, -0.2) is 97.8 Å². The Balaban J connectivity index is 1.68. The van der Waals surface area contributed by atoms with Crippen LogP contribution in [0.2, 0.25) is 0 Å². The summed E-state index contributed by atoms with van der Waals surface area (Å²) in [4.78, 5) is 23.0. The van der Waals surface area contributed by atoms with Gasteiger partial charge in [0.2, 0.25) is 0 Å². The number of nitrogens with two attached hydrogens (primary N) is 1. The molecule has 0 aromatic heterocycles. The molecule has 0 aromatic rings. The van der Waals surface area contributed by atoms with Crippen LogP contribution in [0.15, 0.2) is 4.99 Å². The molecular weight excluding hydrogens is 332 g/mol. The summed E-state index contributed by atoms with van der Waals surface area (Å²) < 4.78 is 5.04. The third-order valence-electron chi connectivity index (χ3n) is 5.38. The highest BCUT2D eigenvalue weighted by atomic mass is 16.6. The maximum absolute atomic E-state index is 11.7. The zero-order valence-electron chi connectivity index (χ0n) is 16.6. The van der Waals surface area contributed by atoms with E-state index in [-0.39, 0.29) is 12.1 Å². The average Bonchev–Trinajstić information content (AvgIpc) is 2.67. The molecule has 1 amide bonds. The van der Waals surface area contributed by atoms with E-state index in [9.17, 15) is 4.79 Å². The maximum atomic E-state index is 11.7. The van der Waals surface area contributed by atoms with E-state index < -0.39 is 0 Å². The molecule has 0 saturated carbocycles. The van der Waals surface area contributed by atoms with E-state index in [1.54, 1.807) is 4.90 Å². The van der Waals surface area contributed by atoms with Gasteiger partial charge < -0.3 is 25.6 Å². The molecule has 0 radical (unpaired) electrons. The largest absolute Gasteiger partial charge is 0.450 e. The van der Waals surface area contributed by atoms with Crippen LogP contribution in [0, 0.1) is 0 Å². The molecular formula is C18H36N6O2. The van der Waals surface area contributed by atoms with Crippen LogP contribution in [0.1, 0.15) is 33.6 Å². The summed E-state index contributed by atoms with van der Waals surface area (Å²) in [6.45, 7) is 14.4. The smallest absolute Gasteiger partial charge is 0.409 e. The van der Waals surface area contributed by atoms with E-state index in [4.69, 9.17) is 10.5 Å². The first kappa shape index (κ1) is 20.8. The molecule has 0 aliphatic carbocycles. The molecule has 150 valence electrons. The van der Waals surface area contributed by atoms with Gasteiger partial charge in [0.05, 0.1) is 13.2 Å². The third kappa shape index (κ3) is 6.32. The van der Waals surface area contributed by atoms with Gasteiger partial charge in [-0.25, -0.2) is 4.79 Å². The zero-order valence-corrected chi connectivity index (χ0v) is 16.6. The second-order valence-electron chi connectivity index (χ2n) is 7.15. The first-order valence-corrected chi connectivity index (χ1v) is 9.98. The van der Waals surface area contributed by atoms with E-state index in [0.717, 1.165) is 45.6 Å². The van der Waals surface area contributed by atoms with Crippen molar-refractivity contribution < 1.29 is 9.53 Å². The Morgan fingerprint density at radius 1 is 1.19 bits per heavy atom. The van der Waals surface area contributed by atoms with Crippen LogP contribution in [0.5, 0.6) is 0 Å². The summed E-state index contributed by atoms with van der Waals surface area (Å²) in [5.41, 5.74) is 6.08. The SMILES string of the molecule is CCOC(=O)N1CCC(NC(N)=NCC(C)N2CCN(CC)CC2)CC1. The van der Waals surface area contributed by atoms with Gasteiger partial charge in [-0.15, -0.1) is 0 Å². The number of piperazine rings is 1. The first-order valence-electron chi connectivity index (χ1n) is 9.98. The molecule has 2 saturated heterocycles. The number of likely N-dealkylation sites (tertiary alicyclic amines) is 1. The quantitative estimate of drug-likeness (QED) is 0.526. The lowest BCUT2D eigenvalue weighted by Gasteiger charge is -2.37. The summed E-state index contributed by atoms with van der Waals surface area (Å²) in [6, 6.07) is 0.674. The molecule has 26 heavy (non-hydrogen) atoms. The van der Waals surface area contributed by atoms with E-state index >= 15 is 0 Å². The molecule has 3 N–H and O–H groups in total. The number of piperidine rings is 1. The molecule has 8 heteroatoms. The van der Waals surface area contributed by atoms with Crippen LogP contribution in [-0.2, 0) is 4.74 Å². The van der Waals surface area contributed by atoms with E-state index in [1.807, 2.05) is 6.92 Å².